The number of nitrogens with one attached hydrogen (secondary N) is 2. The second kappa shape index (κ2) is 20.4. The number of aryl methyl sites for hydroxylation is 1. The predicted octanol–water partition coefficient (Wildman–Crippen LogP) is 4.59. The van der Waals surface area contributed by atoms with Crippen LogP contribution in [0.5, 0.6) is 5.75 Å². The topological polar surface area (TPSA) is 207 Å². The van der Waals surface area contributed by atoms with E-state index in [-0.39, 0.29) is 117 Å². The van der Waals surface area contributed by atoms with Crippen LogP contribution in [-0.2, 0) is 35.2 Å². The van der Waals surface area contributed by atoms with Crippen LogP contribution in [0.3, 0.4) is 0 Å². The van der Waals surface area contributed by atoms with E-state index in [0.29, 0.717) is 46.8 Å². The van der Waals surface area contributed by atoms with Gasteiger partial charge in [0.05, 0.1) is 42.2 Å². The number of benzene rings is 2. The van der Waals surface area contributed by atoms with Crippen LogP contribution in [0.25, 0.3) is 28.0 Å². The van der Waals surface area contributed by atoms with E-state index in [0.717, 1.165) is 6.07 Å². The second-order valence-electron chi connectivity index (χ2n) is 17.2. The molecule has 0 aliphatic carbocycles. The van der Waals surface area contributed by atoms with Crippen LogP contribution in [0.1, 0.15) is 66.7 Å². The van der Waals surface area contributed by atoms with Gasteiger partial charge in [-0.1, -0.05) is 32.6 Å². The number of nitrogens with zero attached hydrogens (tertiary/aromatic N) is 7. The van der Waals surface area contributed by atoms with Gasteiger partial charge in [0.1, 0.15) is 42.3 Å². The number of ether oxygens (including phenoxy) is 3. The van der Waals surface area contributed by atoms with Gasteiger partial charge in [0.2, 0.25) is 23.6 Å². The van der Waals surface area contributed by atoms with Crippen LogP contribution >= 0.6 is 0 Å². The highest BCUT2D eigenvalue weighted by molar-refractivity contribution is 6.07. The number of pyridine rings is 2. The third-order valence-electron chi connectivity index (χ3n) is 12.3. The van der Waals surface area contributed by atoms with E-state index in [4.69, 9.17) is 19.2 Å². The monoisotopic (exact) mass is 947 g/mol. The zero-order valence-electron chi connectivity index (χ0n) is 38.6. The minimum absolute atomic E-state index is 0.00365. The van der Waals surface area contributed by atoms with Gasteiger partial charge in [-0.3, -0.25) is 34.3 Å². The number of piperazine rings is 1. The predicted molar refractivity (Wildman–Crippen MR) is 249 cm³/mol. The highest BCUT2D eigenvalue weighted by Gasteiger charge is 2.40. The molecule has 3 aliphatic heterocycles. The maximum absolute atomic E-state index is 16.7. The van der Waals surface area contributed by atoms with E-state index in [2.05, 4.69) is 27.2 Å². The molecule has 2 N–H and O–H groups in total. The zero-order valence-corrected chi connectivity index (χ0v) is 38.6. The Morgan fingerprint density at radius 2 is 1.74 bits per heavy atom. The molecule has 8 rings (SSSR count). The third-order valence-corrected chi connectivity index (χ3v) is 12.3. The number of hydrogen-bond acceptors (Lipinski definition) is 13. The van der Waals surface area contributed by atoms with E-state index >= 15 is 8.78 Å². The van der Waals surface area contributed by atoms with E-state index in [1.807, 2.05) is 32.6 Å². The average molecular weight is 948 g/mol. The number of halogens is 2. The summed E-state index contributed by atoms with van der Waals surface area (Å²) in [5, 5.41) is 5.22. The molecule has 0 saturated carbocycles. The zero-order chi connectivity index (χ0) is 49.1. The van der Waals surface area contributed by atoms with Crippen molar-refractivity contribution in [3.63, 3.8) is 0 Å². The number of carbonyl (C=O) groups is 5. The molecule has 5 aromatic rings. The highest BCUT2D eigenvalue weighted by Crippen LogP contribution is 2.38. The lowest BCUT2D eigenvalue weighted by atomic mass is 10.0. The van der Waals surface area contributed by atoms with E-state index in [1.165, 1.54) is 33.7 Å². The van der Waals surface area contributed by atoms with Crippen molar-refractivity contribution in [2.24, 2.45) is 0 Å². The van der Waals surface area contributed by atoms with Gasteiger partial charge >= 0.3 is 5.69 Å². The van der Waals surface area contributed by atoms with E-state index < -0.39 is 40.9 Å². The standard InChI is InChI=1S/C49H51F2N9O9/c1-6-40(63)57-17-18-58(29(5)24-57)45-31-23-34(51)43(55-46(31)60(49(66)56-45)44-28(4)15-16-52-42(44)27(2)3)41-33(50)10-8-12-37(41)69-22-21-67-19-20-68-26-39(62)53-35-11-7-9-30-32(35)25-59(48(30)65)36-13-14-38(61)54-47(36)64/h6-12,15-16,23,27,29,36H,1,13-14,17-22,24-26H2,2-5H3,(H,53,62)(H,54,61,64)/t29-,36?/m0/s1. The molecule has 0 bridgehead atoms. The van der Waals surface area contributed by atoms with Crippen LogP contribution in [0.15, 0.2) is 72.2 Å². The van der Waals surface area contributed by atoms with E-state index in [1.54, 1.807) is 35.4 Å². The maximum Gasteiger partial charge on any atom is 0.355 e. The van der Waals surface area contributed by atoms with Crippen molar-refractivity contribution in [3.05, 3.63) is 112 Å². The van der Waals surface area contributed by atoms with Gasteiger partial charge in [0, 0.05) is 61.7 Å². The molecule has 69 heavy (non-hydrogen) atoms. The Morgan fingerprint density at radius 3 is 2.49 bits per heavy atom. The number of piperidine rings is 1. The first-order valence-corrected chi connectivity index (χ1v) is 22.6. The van der Waals surface area contributed by atoms with Crippen LogP contribution in [0, 0.1) is 18.6 Å². The largest absolute Gasteiger partial charge is 0.490 e. The van der Waals surface area contributed by atoms with Crippen molar-refractivity contribution in [1.29, 1.82) is 0 Å². The average Bonchev–Trinajstić information content (AvgIpc) is 3.65. The Hall–Kier alpha value is -7.45. The first kappa shape index (κ1) is 48.0. The number of aromatic nitrogens is 4. The summed E-state index contributed by atoms with van der Waals surface area (Å²) in [5.41, 5.74) is 1.60. The normalized spacial score (nSPS) is 17.1. The molecule has 20 heteroatoms. The van der Waals surface area contributed by atoms with Gasteiger partial charge in [0.15, 0.2) is 11.5 Å². The molecule has 360 valence electrons. The smallest absolute Gasteiger partial charge is 0.355 e. The van der Waals surface area contributed by atoms with Crippen molar-refractivity contribution >= 4 is 52.1 Å². The summed E-state index contributed by atoms with van der Waals surface area (Å²) in [5.74, 6) is -3.75. The maximum atomic E-state index is 16.7. The Balaban J connectivity index is 0.942. The fourth-order valence-corrected chi connectivity index (χ4v) is 8.93. The quantitative estimate of drug-likeness (QED) is 0.0790. The number of hydrogen-bond donors (Lipinski definition) is 2. The molecule has 3 aromatic heterocycles. The number of amides is 5. The minimum atomic E-state index is -0.900. The molecule has 0 radical (unpaired) electrons. The Morgan fingerprint density at radius 1 is 0.971 bits per heavy atom. The molecule has 2 atom stereocenters. The molecule has 2 saturated heterocycles. The third kappa shape index (κ3) is 9.80. The number of anilines is 2. The number of carbonyl (C=O) groups excluding carboxylic acids is 5. The fourth-order valence-electron chi connectivity index (χ4n) is 8.93. The fraction of sp³-hybridized carbons (Fsp3) is 0.367. The van der Waals surface area contributed by atoms with Crippen LogP contribution in [-0.4, -0.2) is 124 Å². The van der Waals surface area contributed by atoms with Crippen LogP contribution < -0.4 is 26.0 Å². The van der Waals surface area contributed by atoms with Gasteiger partial charge < -0.3 is 34.2 Å². The first-order chi connectivity index (χ1) is 33.2. The van der Waals surface area contributed by atoms with Crippen molar-refractivity contribution in [3.8, 4) is 22.7 Å². The summed E-state index contributed by atoms with van der Waals surface area (Å²) in [6.07, 6.45) is 3.21. The summed E-state index contributed by atoms with van der Waals surface area (Å²) >= 11 is 0. The van der Waals surface area contributed by atoms with Gasteiger partial charge in [0.25, 0.3) is 5.91 Å². The Kier molecular flexibility index (Phi) is 14.2. The molecular formula is C49H51F2N9O9. The SMILES string of the molecule is C=CC(=O)N1CCN(c2nc(=O)n(-c3c(C)ccnc3C(C)C)c3nc(-c4c(F)cccc4OCCOCCOCC(=O)Nc4cccc5c4CN(C4CCC(=O)NC4=O)C5=O)c(F)cc23)[C@@H](C)C1. The molecule has 0 spiro atoms. The minimum Gasteiger partial charge on any atom is -0.490 e. The van der Waals surface area contributed by atoms with Crippen molar-refractivity contribution in [2.75, 3.05) is 62.9 Å². The molecule has 1 unspecified atom stereocenters. The number of rotatable bonds is 16. The molecule has 3 aliphatic rings. The lowest BCUT2D eigenvalue weighted by Gasteiger charge is -2.40. The number of imide groups is 1. The number of fused-ring (bicyclic) bond motifs is 2. The molecular weight excluding hydrogens is 897 g/mol. The summed E-state index contributed by atoms with van der Waals surface area (Å²) in [6, 6.07) is 10.7. The van der Waals surface area contributed by atoms with Crippen molar-refractivity contribution in [1.82, 2.24) is 34.6 Å². The molecule has 2 fully saturated rings. The second-order valence-corrected chi connectivity index (χ2v) is 17.2. The van der Waals surface area contributed by atoms with Gasteiger partial charge in [-0.15, -0.1) is 0 Å². The van der Waals surface area contributed by atoms with Gasteiger partial charge in [-0.05, 0) is 74.2 Å². The van der Waals surface area contributed by atoms with Crippen LogP contribution in [0.2, 0.25) is 0 Å². The first-order valence-electron chi connectivity index (χ1n) is 22.6. The molecule has 6 heterocycles. The molecule has 5 amide bonds. The summed E-state index contributed by atoms with van der Waals surface area (Å²) in [7, 11) is 0. The summed E-state index contributed by atoms with van der Waals surface area (Å²) < 4.78 is 51.0. The Bertz CT molecular complexity index is 2940. The van der Waals surface area contributed by atoms with Crippen molar-refractivity contribution < 1.29 is 47.0 Å². The van der Waals surface area contributed by atoms with Crippen LogP contribution in [0.4, 0.5) is 20.3 Å². The molecule has 18 nitrogen and oxygen atoms in total. The molecule has 2 aromatic carbocycles. The lowest BCUT2D eigenvalue weighted by molar-refractivity contribution is -0.137. The lowest BCUT2D eigenvalue weighted by Crippen LogP contribution is -2.54. The summed E-state index contributed by atoms with van der Waals surface area (Å²) in [6.45, 7) is 11.7. The van der Waals surface area contributed by atoms with E-state index in [9.17, 15) is 28.8 Å². The summed E-state index contributed by atoms with van der Waals surface area (Å²) in [4.78, 5) is 95.5. The highest BCUT2D eigenvalue weighted by atomic mass is 19.1. The van der Waals surface area contributed by atoms with Gasteiger partial charge in [-0.2, -0.15) is 4.98 Å². The van der Waals surface area contributed by atoms with Gasteiger partial charge in [-0.25, -0.2) is 23.1 Å². The van der Waals surface area contributed by atoms with Crippen molar-refractivity contribution in [2.45, 2.75) is 65.1 Å². The Labute approximate surface area is 395 Å².